The van der Waals surface area contributed by atoms with Gasteiger partial charge < -0.3 is 14.0 Å². The van der Waals surface area contributed by atoms with Crippen LogP contribution in [0.15, 0.2) is 42.6 Å². The molecule has 0 saturated carbocycles. The zero-order chi connectivity index (χ0) is 16.2. The molecule has 1 aromatic carbocycles. The number of rotatable bonds is 6. The summed E-state index contributed by atoms with van der Waals surface area (Å²) in [6, 6.07) is 10.4. The fourth-order valence-electron chi connectivity index (χ4n) is 2.62. The largest absolute Gasteiger partial charge is 0.471 e. The summed E-state index contributed by atoms with van der Waals surface area (Å²) >= 11 is 0. The number of halogens is 1. The maximum Gasteiger partial charge on any atom is 0.238 e. The van der Waals surface area contributed by atoms with Crippen molar-refractivity contribution in [1.29, 1.82) is 0 Å². The van der Waals surface area contributed by atoms with Gasteiger partial charge in [-0.05, 0) is 36.8 Å². The summed E-state index contributed by atoms with van der Waals surface area (Å²) in [5.74, 6) is 0.328. The summed E-state index contributed by atoms with van der Waals surface area (Å²) in [5.41, 5.74) is 3.00. The molecule has 0 N–H and O–H groups in total. The van der Waals surface area contributed by atoms with Crippen LogP contribution in [0.2, 0.25) is 0 Å². The van der Waals surface area contributed by atoms with Gasteiger partial charge in [-0.1, -0.05) is 12.1 Å². The first-order valence-corrected chi connectivity index (χ1v) is 7.50. The molecule has 0 aliphatic carbocycles. The van der Waals surface area contributed by atoms with Crippen molar-refractivity contribution in [2.75, 3.05) is 13.7 Å². The zero-order valence-electron chi connectivity index (χ0n) is 13.3. The fraction of sp³-hybridized carbons (Fsp3) is 0.278. The molecule has 0 unspecified atom stereocenters. The number of aromatic nitrogens is 2. The molecule has 0 radical (unpaired) electrons. The SMILES string of the molecule is COCCn1c(C)cc2ccnc(OCc3ccc(F)cc3)c21. The van der Waals surface area contributed by atoms with Crippen molar-refractivity contribution in [2.45, 2.75) is 20.1 Å². The third-order valence-corrected chi connectivity index (χ3v) is 3.79. The molecule has 0 spiro atoms. The Balaban J connectivity index is 1.88. The molecule has 3 aromatic rings. The van der Waals surface area contributed by atoms with Gasteiger partial charge in [-0.3, -0.25) is 0 Å². The molecule has 23 heavy (non-hydrogen) atoms. The van der Waals surface area contributed by atoms with Crippen LogP contribution in [-0.2, 0) is 17.9 Å². The van der Waals surface area contributed by atoms with Gasteiger partial charge in [0.25, 0.3) is 0 Å². The second-order valence-electron chi connectivity index (χ2n) is 5.40. The molecular weight excluding hydrogens is 295 g/mol. The lowest BCUT2D eigenvalue weighted by Gasteiger charge is -2.11. The predicted molar refractivity (Wildman–Crippen MR) is 87.1 cm³/mol. The molecule has 0 saturated heterocycles. The number of nitrogens with zero attached hydrogens (tertiary/aromatic N) is 2. The molecule has 0 aliphatic heterocycles. The van der Waals surface area contributed by atoms with Gasteiger partial charge >= 0.3 is 0 Å². The second-order valence-corrected chi connectivity index (χ2v) is 5.40. The highest BCUT2D eigenvalue weighted by Crippen LogP contribution is 2.27. The van der Waals surface area contributed by atoms with Gasteiger partial charge in [0, 0.05) is 30.9 Å². The Kier molecular flexibility index (Phi) is 4.57. The Labute approximate surface area is 134 Å². The molecule has 120 valence electrons. The molecule has 0 bridgehead atoms. The molecule has 5 heteroatoms. The number of aryl methyl sites for hydroxylation is 1. The molecule has 2 aromatic heterocycles. The lowest BCUT2D eigenvalue weighted by molar-refractivity contribution is 0.187. The smallest absolute Gasteiger partial charge is 0.238 e. The van der Waals surface area contributed by atoms with Crippen molar-refractivity contribution in [3.05, 3.63) is 59.7 Å². The summed E-state index contributed by atoms with van der Waals surface area (Å²) in [7, 11) is 1.69. The molecule has 4 nitrogen and oxygen atoms in total. The van der Waals surface area contributed by atoms with E-state index in [0.29, 0.717) is 19.1 Å². The molecule has 0 fully saturated rings. The van der Waals surface area contributed by atoms with Crippen LogP contribution in [0.5, 0.6) is 5.88 Å². The van der Waals surface area contributed by atoms with Crippen molar-refractivity contribution in [1.82, 2.24) is 9.55 Å². The zero-order valence-corrected chi connectivity index (χ0v) is 13.3. The van der Waals surface area contributed by atoms with E-state index in [0.717, 1.165) is 28.7 Å². The summed E-state index contributed by atoms with van der Waals surface area (Å²) in [5, 5.41) is 1.09. The average molecular weight is 314 g/mol. The van der Waals surface area contributed by atoms with Crippen molar-refractivity contribution >= 4 is 10.9 Å². The minimum absolute atomic E-state index is 0.252. The van der Waals surface area contributed by atoms with Gasteiger partial charge in [-0.15, -0.1) is 0 Å². The molecule has 0 amide bonds. The first kappa shape index (κ1) is 15.5. The van der Waals surface area contributed by atoms with Gasteiger partial charge in [0.05, 0.1) is 6.61 Å². The van der Waals surface area contributed by atoms with E-state index in [1.54, 1.807) is 25.4 Å². The molecule has 2 heterocycles. The van der Waals surface area contributed by atoms with Crippen LogP contribution >= 0.6 is 0 Å². The Morgan fingerprint density at radius 1 is 1.17 bits per heavy atom. The van der Waals surface area contributed by atoms with Crippen molar-refractivity contribution in [3.63, 3.8) is 0 Å². The quantitative estimate of drug-likeness (QED) is 0.696. The van der Waals surface area contributed by atoms with Crippen LogP contribution in [0.3, 0.4) is 0 Å². The monoisotopic (exact) mass is 314 g/mol. The number of methoxy groups -OCH3 is 1. The van der Waals surface area contributed by atoms with E-state index in [1.165, 1.54) is 12.1 Å². The number of pyridine rings is 1. The van der Waals surface area contributed by atoms with Gasteiger partial charge in [0.15, 0.2) is 0 Å². The van der Waals surface area contributed by atoms with Crippen LogP contribution in [0, 0.1) is 12.7 Å². The van der Waals surface area contributed by atoms with Crippen molar-refractivity contribution in [2.24, 2.45) is 0 Å². The maximum atomic E-state index is 13.0. The van der Waals surface area contributed by atoms with E-state index in [-0.39, 0.29) is 5.82 Å². The number of benzene rings is 1. The van der Waals surface area contributed by atoms with Crippen molar-refractivity contribution < 1.29 is 13.9 Å². The highest BCUT2D eigenvalue weighted by Gasteiger charge is 2.12. The van der Waals surface area contributed by atoms with E-state index in [4.69, 9.17) is 9.47 Å². The number of hydrogen-bond donors (Lipinski definition) is 0. The molecule has 0 aliphatic rings. The lowest BCUT2D eigenvalue weighted by Crippen LogP contribution is -2.07. The number of ether oxygens (including phenoxy) is 2. The maximum absolute atomic E-state index is 13.0. The summed E-state index contributed by atoms with van der Waals surface area (Å²) in [6.07, 6.45) is 1.74. The van der Waals surface area contributed by atoms with Crippen LogP contribution in [0.4, 0.5) is 4.39 Å². The van der Waals surface area contributed by atoms with E-state index in [2.05, 4.69) is 22.5 Å². The first-order valence-electron chi connectivity index (χ1n) is 7.50. The normalized spacial score (nSPS) is 11.1. The van der Waals surface area contributed by atoms with Crippen LogP contribution in [0.25, 0.3) is 10.9 Å². The molecular formula is C18H19FN2O2. The lowest BCUT2D eigenvalue weighted by atomic mass is 10.2. The van der Waals surface area contributed by atoms with Crippen molar-refractivity contribution in [3.8, 4) is 5.88 Å². The van der Waals surface area contributed by atoms with Crippen LogP contribution < -0.4 is 4.74 Å². The Hall–Kier alpha value is -2.40. The molecule has 3 rings (SSSR count). The highest BCUT2D eigenvalue weighted by atomic mass is 19.1. The minimum atomic E-state index is -0.252. The second kappa shape index (κ2) is 6.79. The summed E-state index contributed by atoms with van der Waals surface area (Å²) in [6.45, 7) is 3.77. The first-order chi connectivity index (χ1) is 11.2. The van der Waals surface area contributed by atoms with E-state index in [9.17, 15) is 4.39 Å². The topological polar surface area (TPSA) is 36.3 Å². The van der Waals surface area contributed by atoms with Gasteiger partial charge in [-0.2, -0.15) is 0 Å². The summed E-state index contributed by atoms with van der Waals surface area (Å²) in [4.78, 5) is 4.36. The van der Waals surface area contributed by atoms with E-state index in [1.807, 2.05) is 6.07 Å². The van der Waals surface area contributed by atoms with Gasteiger partial charge in [-0.25, -0.2) is 9.37 Å². The van der Waals surface area contributed by atoms with Gasteiger partial charge in [0.2, 0.25) is 5.88 Å². The predicted octanol–water partition coefficient (Wildman–Crippen LogP) is 3.71. The van der Waals surface area contributed by atoms with E-state index >= 15 is 0 Å². The Bertz CT molecular complexity index is 797. The third kappa shape index (κ3) is 3.35. The number of fused-ring (bicyclic) bond motifs is 1. The Morgan fingerprint density at radius 2 is 1.96 bits per heavy atom. The minimum Gasteiger partial charge on any atom is -0.471 e. The summed E-state index contributed by atoms with van der Waals surface area (Å²) < 4.78 is 26.2. The standard InChI is InChI=1S/C18H19FN2O2/c1-13-11-15-7-8-20-18(17(15)21(13)9-10-22-2)23-12-14-3-5-16(19)6-4-14/h3-8,11H,9-10,12H2,1-2H3. The number of hydrogen-bond acceptors (Lipinski definition) is 3. The molecule has 0 atom stereocenters. The fourth-order valence-corrected chi connectivity index (χ4v) is 2.62. The van der Waals surface area contributed by atoms with Crippen LogP contribution in [-0.4, -0.2) is 23.3 Å². The third-order valence-electron chi connectivity index (χ3n) is 3.79. The van der Waals surface area contributed by atoms with E-state index < -0.39 is 0 Å². The van der Waals surface area contributed by atoms with Gasteiger partial charge in [0.1, 0.15) is 17.9 Å². The van der Waals surface area contributed by atoms with Crippen LogP contribution in [0.1, 0.15) is 11.3 Å². The Morgan fingerprint density at radius 3 is 2.70 bits per heavy atom. The highest BCUT2D eigenvalue weighted by molar-refractivity contribution is 5.85. The average Bonchev–Trinajstić information content (AvgIpc) is 2.88.